The fourth-order valence-corrected chi connectivity index (χ4v) is 6.46. The Hall–Kier alpha value is -3.16. The van der Waals surface area contributed by atoms with Crippen LogP contribution in [0.2, 0.25) is 5.02 Å². The second kappa shape index (κ2) is 13.4. The van der Waals surface area contributed by atoms with Gasteiger partial charge >= 0.3 is 19.4 Å². The first-order valence-corrected chi connectivity index (χ1v) is 15.3. The molecule has 2 fully saturated rings. The van der Waals surface area contributed by atoms with Crippen molar-refractivity contribution in [3.8, 4) is 5.75 Å². The average molecular weight is 627 g/mol. The molecule has 1 aliphatic carbocycles. The third-order valence-corrected chi connectivity index (χ3v) is 9.00. The van der Waals surface area contributed by atoms with Gasteiger partial charge in [-0.3, -0.25) is 23.7 Å². The predicted octanol–water partition coefficient (Wildman–Crippen LogP) is 3.58. The molecule has 0 spiro atoms. The summed E-state index contributed by atoms with van der Waals surface area (Å²) in [6.45, 7) is 2.21. The van der Waals surface area contributed by atoms with Crippen LogP contribution in [0.15, 0.2) is 51.2 Å². The Balaban J connectivity index is 1.54. The van der Waals surface area contributed by atoms with E-state index in [0.29, 0.717) is 5.02 Å². The van der Waals surface area contributed by atoms with Gasteiger partial charge in [0.15, 0.2) is 6.23 Å². The minimum Gasteiger partial charge on any atom is -0.461 e. The number of aromatic nitrogens is 2. The van der Waals surface area contributed by atoms with Crippen LogP contribution in [0.5, 0.6) is 5.75 Å². The molecule has 4 rings (SSSR count). The first kappa shape index (κ1) is 31.8. The van der Waals surface area contributed by atoms with Crippen LogP contribution in [-0.2, 0) is 23.4 Å². The molecule has 42 heavy (non-hydrogen) atoms. The van der Waals surface area contributed by atoms with E-state index in [-0.39, 0.29) is 11.9 Å². The van der Waals surface area contributed by atoms with Gasteiger partial charge in [-0.25, -0.2) is 9.36 Å². The summed E-state index contributed by atoms with van der Waals surface area (Å²) in [5.74, 6) is -0.538. The largest absolute Gasteiger partial charge is 0.461 e. The molecular formula is C25H32ClN6O9P. The van der Waals surface area contributed by atoms with E-state index in [1.807, 2.05) is 0 Å². The first-order chi connectivity index (χ1) is 19.9. The molecule has 228 valence electrons. The van der Waals surface area contributed by atoms with Crippen molar-refractivity contribution >= 4 is 25.3 Å². The van der Waals surface area contributed by atoms with Crippen molar-refractivity contribution in [1.82, 2.24) is 14.6 Å². The van der Waals surface area contributed by atoms with Gasteiger partial charge in [-0.15, -0.1) is 0 Å². The van der Waals surface area contributed by atoms with Gasteiger partial charge in [0.2, 0.25) is 0 Å². The fourth-order valence-electron chi connectivity index (χ4n) is 4.83. The van der Waals surface area contributed by atoms with E-state index >= 15 is 0 Å². The highest BCUT2D eigenvalue weighted by atomic mass is 35.5. The Morgan fingerprint density at radius 1 is 1.31 bits per heavy atom. The lowest BCUT2D eigenvalue weighted by Crippen LogP contribution is -2.45. The van der Waals surface area contributed by atoms with E-state index in [9.17, 15) is 29.6 Å². The van der Waals surface area contributed by atoms with Gasteiger partial charge < -0.3 is 19.1 Å². The van der Waals surface area contributed by atoms with E-state index in [0.717, 1.165) is 48.9 Å². The second-order valence-corrected chi connectivity index (χ2v) is 12.4. The number of ether oxygens (including phenoxy) is 2. The van der Waals surface area contributed by atoms with Crippen LogP contribution in [0.1, 0.15) is 52.2 Å². The summed E-state index contributed by atoms with van der Waals surface area (Å²) in [5.41, 5.74) is 5.90. The number of H-pyrrole nitrogens is 1. The van der Waals surface area contributed by atoms with E-state index in [2.05, 4.69) is 20.1 Å². The number of nitrogens with one attached hydrogen (secondary N) is 2. The van der Waals surface area contributed by atoms with Gasteiger partial charge in [0.1, 0.15) is 29.5 Å². The molecule has 0 amide bonds. The molecule has 2 heterocycles. The molecule has 15 nitrogen and oxygen atoms in total. The van der Waals surface area contributed by atoms with Crippen LogP contribution in [0.25, 0.3) is 10.4 Å². The van der Waals surface area contributed by atoms with Gasteiger partial charge in [-0.2, -0.15) is 5.09 Å². The number of aromatic amines is 1. The molecule has 1 saturated heterocycles. The number of carbonyl (C=O) groups is 1. The number of benzene rings is 1. The number of hydrogen-bond donors (Lipinski definition) is 3. The van der Waals surface area contributed by atoms with Gasteiger partial charge in [0, 0.05) is 22.2 Å². The summed E-state index contributed by atoms with van der Waals surface area (Å²) in [6.07, 6.45) is 1.14. The summed E-state index contributed by atoms with van der Waals surface area (Å²) >= 11 is 5.95. The highest BCUT2D eigenvalue weighted by Gasteiger charge is 2.55. The van der Waals surface area contributed by atoms with Crippen LogP contribution >= 0.6 is 19.3 Å². The molecule has 1 aromatic heterocycles. The molecule has 0 radical (unpaired) electrons. The number of esters is 1. The summed E-state index contributed by atoms with van der Waals surface area (Å²) in [7, 11) is -4.37. The lowest BCUT2D eigenvalue weighted by molar-refractivity contribution is -0.152. The topological polar surface area (TPSA) is 207 Å². The highest BCUT2D eigenvalue weighted by molar-refractivity contribution is 7.52. The monoisotopic (exact) mass is 626 g/mol. The third-order valence-electron chi connectivity index (χ3n) is 7.11. The highest BCUT2D eigenvalue weighted by Crippen LogP contribution is 2.47. The Morgan fingerprint density at radius 3 is 2.64 bits per heavy atom. The van der Waals surface area contributed by atoms with Crippen LogP contribution in [0.4, 0.5) is 0 Å². The zero-order valence-electron chi connectivity index (χ0n) is 22.9. The Kier molecular flexibility index (Phi) is 10.2. The third kappa shape index (κ3) is 7.42. The number of aliphatic hydroxyl groups excluding tert-OH is 1. The molecule has 6 atom stereocenters. The van der Waals surface area contributed by atoms with Crippen molar-refractivity contribution in [1.29, 1.82) is 0 Å². The van der Waals surface area contributed by atoms with Gasteiger partial charge in [0.25, 0.3) is 5.56 Å². The maximum atomic E-state index is 14.0. The van der Waals surface area contributed by atoms with Crippen LogP contribution in [0.3, 0.4) is 0 Å². The standard InChI is InChI=1S/C25H32ClN6O9P/c1-15(22(35)39-17-6-4-3-5-7-17)29-42(37,41-18-10-8-16(26)9-11-18)38-14-19-21(34)25(2,30-31-27)23(40-19)32-13-12-20(33)28-24(32)36/h8-13,15,17,19,21,23,34H,3-7,14H2,1-2H3,(H,29,37)(H,28,33,36)/t15-,19+,21+,23+,25+,42?/m0/s1. The zero-order chi connectivity index (χ0) is 30.5. The lowest BCUT2D eigenvalue weighted by Gasteiger charge is -2.28. The van der Waals surface area contributed by atoms with Crippen molar-refractivity contribution in [3.05, 3.63) is 72.8 Å². The Morgan fingerprint density at radius 2 is 2.00 bits per heavy atom. The lowest BCUT2D eigenvalue weighted by atomic mass is 9.93. The zero-order valence-corrected chi connectivity index (χ0v) is 24.6. The number of nitrogens with zero attached hydrogens (tertiary/aromatic N) is 4. The minimum atomic E-state index is -4.37. The number of hydrogen-bond acceptors (Lipinski definition) is 10. The quantitative estimate of drug-likeness (QED) is 0.109. The van der Waals surface area contributed by atoms with E-state index in [1.54, 1.807) is 0 Å². The average Bonchev–Trinajstić information content (AvgIpc) is 3.19. The molecule has 0 bridgehead atoms. The SMILES string of the molecule is C[C@H](NP(=O)(OC[C@H]1O[C@@H](n2ccc(=O)[nH]c2=O)[C@](C)(N=[N+]=[N-])[C@@H]1O)Oc1ccc(Cl)cc1)C(=O)OC1CCCCC1. The number of carbonyl (C=O) groups excluding carboxylic acids is 1. The van der Waals surface area contributed by atoms with Crippen molar-refractivity contribution in [2.24, 2.45) is 5.11 Å². The molecule has 1 saturated carbocycles. The van der Waals surface area contributed by atoms with Crippen molar-refractivity contribution in [2.75, 3.05) is 6.61 Å². The number of azide groups is 1. The van der Waals surface area contributed by atoms with Gasteiger partial charge in [-0.05, 0) is 69.3 Å². The van der Waals surface area contributed by atoms with Crippen LogP contribution in [-0.4, -0.2) is 57.1 Å². The van der Waals surface area contributed by atoms with Crippen LogP contribution in [0, 0.1) is 0 Å². The molecule has 2 aliphatic rings. The number of aliphatic hydroxyl groups is 1. The molecule has 3 N–H and O–H groups in total. The normalized spacial score (nSPS) is 26.5. The maximum absolute atomic E-state index is 14.0. The summed E-state index contributed by atoms with van der Waals surface area (Å²) < 4.78 is 37.6. The summed E-state index contributed by atoms with van der Waals surface area (Å²) in [6, 6.07) is 5.85. The Labute approximate surface area is 245 Å². The first-order valence-electron chi connectivity index (χ1n) is 13.3. The Bertz CT molecular complexity index is 1470. The van der Waals surface area contributed by atoms with Gasteiger partial charge in [-0.1, -0.05) is 23.1 Å². The number of rotatable bonds is 11. The number of halogens is 1. The predicted molar refractivity (Wildman–Crippen MR) is 150 cm³/mol. The van der Waals surface area contributed by atoms with E-state index in [1.165, 1.54) is 38.1 Å². The van der Waals surface area contributed by atoms with Crippen molar-refractivity contribution < 1.29 is 33.0 Å². The second-order valence-electron chi connectivity index (χ2n) is 10.3. The molecule has 1 aromatic carbocycles. The van der Waals surface area contributed by atoms with Crippen LogP contribution < -0.4 is 20.9 Å². The fraction of sp³-hybridized carbons (Fsp3) is 0.560. The summed E-state index contributed by atoms with van der Waals surface area (Å²) in [4.78, 5) is 41.7. The van der Waals surface area contributed by atoms with Crippen molar-refractivity contribution in [3.63, 3.8) is 0 Å². The van der Waals surface area contributed by atoms with Gasteiger partial charge in [0.05, 0.1) is 12.7 Å². The molecular weight excluding hydrogens is 595 g/mol. The smallest absolute Gasteiger partial charge is 0.459 e. The molecule has 1 aliphatic heterocycles. The molecule has 17 heteroatoms. The van der Waals surface area contributed by atoms with E-state index < -0.39 is 61.6 Å². The van der Waals surface area contributed by atoms with Crippen molar-refractivity contribution in [2.45, 2.75) is 82.1 Å². The molecule has 1 unspecified atom stereocenters. The minimum absolute atomic E-state index is 0.104. The molecule has 2 aromatic rings. The maximum Gasteiger partial charge on any atom is 0.459 e. The van der Waals surface area contributed by atoms with E-state index in [4.69, 9.17) is 30.1 Å². The summed E-state index contributed by atoms with van der Waals surface area (Å²) in [5, 5.41) is 17.7.